The van der Waals surface area contributed by atoms with Crippen LogP contribution in [-0.4, -0.2) is 52.6 Å². The van der Waals surface area contributed by atoms with Crippen LogP contribution in [0, 0.1) is 5.82 Å². The molecule has 3 rings (SSSR count). The molecule has 0 spiro atoms. The normalized spacial score (nSPS) is 18.4. The molecule has 6 nitrogen and oxygen atoms in total. The van der Waals surface area contributed by atoms with E-state index in [4.69, 9.17) is 4.74 Å². The van der Waals surface area contributed by atoms with Gasteiger partial charge in [-0.25, -0.2) is 19.3 Å². The number of ether oxygens (including phenoxy) is 1. The lowest BCUT2D eigenvalue weighted by Crippen LogP contribution is -2.52. The predicted molar refractivity (Wildman–Crippen MR) is 94.2 cm³/mol. The maximum atomic E-state index is 14.5. The fraction of sp³-hybridized carbons (Fsp3) is 0.500. The lowest BCUT2D eigenvalue weighted by atomic mass is 10.1. The molecule has 1 atom stereocenters. The van der Waals surface area contributed by atoms with Gasteiger partial charge in [0.1, 0.15) is 6.33 Å². The standard InChI is InChI=1S/C18H24FN5O/c1-4-15-17(19)18(22-12-21-15)24-8-7-23(13(2)10-24)11-14-5-6-16(25-3)20-9-14/h5-6,9,12-13H,4,7-8,10-11H2,1-3H3. The number of piperazine rings is 1. The minimum Gasteiger partial charge on any atom is -0.481 e. The van der Waals surface area contributed by atoms with E-state index in [2.05, 4.69) is 26.8 Å². The van der Waals surface area contributed by atoms with Crippen LogP contribution in [0.5, 0.6) is 5.88 Å². The molecule has 7 heteroatoms. The van der Waals surface area contributed by atoms with Crippen LogP contribution in [-0.2, 0) is 13.0 Å². The van der Waals surface area contributed by atoms with E-state index in [-0.39, 0.29) is 11.9 Å². The van der Waals surface area contributed by atoms with Gasteiger partial charge in [-0.1, -0.05) is 13.0 Å². The second-order valence-corrected chi connectivity index (χ2v) is 6.29. The van der Waals surface area contributed by atoms with E-state index < -0.39 is 0 Å². The Kier molecular flexibility index (Phi) is 5.43. The van der Waals surface area contributed by atoms with Gasteiger partial charge in [-0.15, -0.1) is 0 Å². The first-order valence-electron chi connectivity index (χ1n) is 8.59. The van der Waals surface area contributed by atoms with E-state index in [0.29, 0.717) is 23.8 Å². The number of hydrogen-bond donors (Lipinski definition) is 0. The van der Waals surface area contributed by atoms with Crippen molar-refractivity contribution in [2.45, 2.75) is 32.9 Å². The summed E-state index contributed by atoms with van der Waals surface area (Å²) in [7, 11) is 1.61. The van der Waals surface area contributed by atoms with Crippen LogP contribution >= 0.6 is 0 Å². The van der Waals surface area contributed by atoms with E-state index in [1.807, 2.05) is 30.2 Å². The molecular formula is C18H24FN5O. The van der Waals surface area contributed by atoms with Gasteiger partial charge in [-0.05, 0) is 18.9 Å². The first-order valence-corrected chi connectivity index (χ1v) is 8.59. The molecule has 1 fully saturated rings. The second-order valence-electron chi connectivity index (χ2n) is 6.29. The highest BCUT2D eigenvalue weighted by Crippen LogP contribution is 2.22. The van der Waals surface area contributed by atoms with Crippen LogP contribution in [0.3, 0.4) is 0 Å². The second kappa shape index (κ2) is 7.74. The molecule has 0 aromatic carbocycles. The lowest BCUT2D eigenvalue weighted by molar-refractivity contribution is 0.179. The molecule has 1 saturated heterocycles. The Morgan fingerprint density at radius 1 is 1.24 bits per heavy atom. The highest BCUT2D eigenvalue weighted by molar-refractivity contribution is 5.42. The third kappa shape index (κ3) is 3.87. The molecule has 25 heavy (non-hydrogen) atoms. The molecule has 0 N–H and O–H groups in total. The van der Waals surface area contributed by atoms with Crippen molar-refractivity contribution in [2.75, 3.05) is 31.6 Å². The minimum atomic E-state index is -0.287. The van der Waals surface area contributed by atoms with E-state index in [0.717, 1.165) is 31.7 Å². The molecule has 3 heterocycles. The average Bonchev–Trinajstić information content (AvgIpc) is 2.64. The Bertz CT molecular complexity index is 709. The van der Waals surface area contributed by atoms with Crippen LogP contribution in [0.15, 0.2) is 24.7 Å². The van der Waals surface area contributed by atoms with Crippen molar-refractivity contribution in [3.05, 3.63) is 41.7 Å². The van der Waals surface area contributed by atoms with Crippen molar-refractivity contribution in [3.8, 4) is 5.88 Å². The van der Waals surface area contributed by atoms with Crippen LogP contribution < -0.4 is 9.64 Å². The zero-order chi connectivity index (χ0) is 17.8. The van der Waals surface area contributed by atoms with Crippen molar-refractivity contribution in [3.63, 3.8) is 0 Å². The molecule has 0 radical (unpaired) electrons. The van der Waals surface area contributed by atoms with E-state index in [9.17, 15) is 4.39 Å². The predicted octanol–water partition coefficient (Wildman–Crippen LogP) is 2.29. The summed E-state index contributed by atoms with van der Waals surface area (Å²) >= 11 is 0. The molecule has 0 aliphatic carbocycles. The first kappa shape index (κ1) is 17.5. The average molecular weight is 345 g/mol. The summed E-state index contributed by atoms with van der Waals surface area (Å²) < 4.78 is 19.6. The fourth-order valence-electron chi connectivity index (χ4n) is 3.14. The topological polar surface area (TPSA) is 54.4 Å². The van der Waals surface area contributed by atoms with Gasteiger partial charge >= 0.3 is 0 Å². The number of anilines is 1. The minimum absolute atomic E-state index is 0.287. The zero-order valence-corrected chi connectivity index (χ0v) is 14.9. The summed E-state index contributed by atoms with van der Waals surface area (Å²) in [6.45, 7) is 7.20. The van der Waals surface area contributed by atoms with Gasteiger partial charge in [0.25, 0.3) is 0 Å². The van der Waals surface area contributed by atoms with Gasteiger partial charge in [0, 0.05) is 44.5 Å². The van der Waals surface area contributed by atoms with Gasteiger partial charge in [-0.3, -0.25) is 4.90 Å². The molecule has 0 amide bonds. The molecule has 1 aliphatic heterocycles. The monoisotopic (exact) mass is 345 g/mol. The van der Waals surface area contributed by atoms with Crippen molar-refractivity contribution >= 4 is 5.82 Å². The SMILES string of the molecule is CCc1ncnc(N2CCN(Cc3ccc(OC)nc3)C(C)C2)c1F. The molecule has 1 aliphatic rings. The highest BCUT2D eigenvalue weighted by Gasteiger charge is 2.27. The quantitative estimate of drug-likeness (QED) is 0.829. The van der Waals surface area contributed by atoms with Crippen LogP contribution in [0.1, 0.15) is 25.1 Å². The molecule has 134 valence electrons. The number of nitrogens with zero attached hydrogens (tertiary/aromatic N) is 5. The number of aryl methyl sites for hydroxylation is 1. The Morgan fingerprint density at radius 2 is 2.08 bits per heavy atom. The summed E-state index contributed by atoms with van der Waals surface area (Å²) in [4.78, 5) is 16.8. The fourth-order valence-corrected chi connectivity index (χ4v) is 3.14. The van der Waals surface area contributed by atoms with Crippen LogP contribution in [0.2, 0.25) is 0 Å². The van der Waals surface area contributed by atoms with E-state index in [1.54, 1.807) is 7.11 Å². The molecule has 0 saturated carbocycles. The first-order chi connectivity index (χ1) is 12.1. The van der Waals surface area contributed by atoms with E-state index >= 15 is 0 Å². The smallest absolute Gasteiger partial charge is 0.212 e. The Labute approximate surface area is 147 Å². The number of pyridine rings is 1. The highest BCUT2D eigenvalue weighted by atomic mass is 19.1. The van der Waals surface area contributed by atoms with Gasteiger partial charge in [0.2, 0.25) is 5.88 Å². The number of rotatable bonds is 5. The Morgan fingerprint density at radius 3 is 2.72 bits per heavy atom. The van der Waals surface area contributed by atoms with Crippen molar-refractivity contribution in [2.24, 2.45) is 0 Å². The summed E-state index contributed by atoms with van der Waals surface area (Å²) in [5, 5.41) is 0. The van der Waals surface area contributed by atoms with Gasteiger partial charge in [0.15, 0.2) is 11.6 Å². The van der Waals surface area contributed by atoms with Gasteiger partial charge in [-0.2, -0.15) is 0 Å². The Hall–Kier alpha value is -2.28. The maximum absolute atomic E-state index is 14.5. The van der Waals surface area contributed by atoms with Crippen molar-refractivity contribution < 1.29 is 9.13 Å². The molecule has 0 bridgehead atoms. The molecule has 2 aromatic rings. The largest absolute Gasteiger partial charge is 0.481 e. The number of halogens is 1. The third-order valence-corrected chi connectivity index (χ3v) is 4.64. The molecule has 1 unspecified atom stereocenters. The van der Waals surface area contributed by atoms with Gasteiger partial charge in [0.05, 0.1) is 12.8 Å². The third-order valence-electron chi connectivity index (χ3n) is 4.64. The lowest BCUT2D eigenvalue weighted by Gasteiger charge is -2.40. The van der Waals surface area contributed by atoms with Crippen LogP contribution in [0.4, 0.5) is 10.2 Å². The number of methoxy groups -OCH3 is 1. The Balaban J connectivity index is 1.66. The summed E-state index contributed by atoms with van der Waals surface area (Å²) in [6, 6.07) is 4.19. The van der Waals surface area contributed by atoms with Gasteiger partial charge < -0.3 is 9.64 Å². The molecule has 2 aromatic heterocycles. The summed E-state index contributed by atoms with van der Waals surface area (Å²) in [6.07, 6.45) is 3.87. The van der Waals surface area contributed by atoms with E-state index in [1.165, 1.54) is 6.33 Å². The number of aromatic nitrogens is 3. The summed E-state index contributed by atoms with van der Waals surface area (Å²) in [5.74, 6) is 0.752. The summed E-state index contributed by atoms with van der Waals surface area (Å²) in [5.41, 5.74) is 1.62. The number of hydrogen-bond acceptors (Lipinski definition) is 6. The molecular weight excluding hydrogens is 321 g/mol. The van der Waals surface area contributed by atoms with Crippen LogP contribution in [0.25, 0.3) is 0 Å². The maximum Gasteiger partial charge on any atom is 0.212 e. The zero-order valence-electron chi connectivity index (χ0n) is 14.9. The van der Waals surface area contributed by atoms with Crippen molar-refractivity contribution in [1.82, 2.24) is 19.9 Å². The van der Waals surface area contributed by atoms with Crippen molar-refractivity contribution in [1.29, 1.82) is 0 Å².